The molecule has 7 nitrogen and oxygen atoms in total. The van der Waals surface area contributed by atoms with Crippen LogP contribution in [0.2, 0.25) is 0 Å². The molecular formula is C23H27FN6O. The lowest BCUT2D eigenvalue weighted by Gasteiger charge is -2.24. The largest absolute Gasteiger partial charge is 0.332 e. The van der Waals surface area contributed by atoms with Gasteiger partial charge in [-0.1, -0.05) is 18.2 Å². The number of nitrogens with zero attached hydrogens (tertiary/aromatic N) is 5. The maximum Gasteiger partial charge on any atom is 0.224 e. The predicted molar refractivity (Wildman–Crippen MR) is 114 cm³/mol. The number of pyridine rings is 1. The van der Waals surface area contributed by atoms with E-state index in [4.69, 9.17) is 0 Å². The van der Waals surface area contributed by atoms with Crippen LogP contribution in [-0.2, 0) is 17.8 Å². The number of carbonyl (C=O) groups excluding carboxylic acids is 1. The van der Waals surface area contributed by atoms with Crippen molar-refractivity contribution in [3.63, 3.8) is 0 Å². The Morgan fingerprint density at radius 1 is 1.26 bits per heavy atom. The van der Waals surface area contributed by atoms with E-state index in [1.54, 1.807) is 18.3 Å². The minimum atomic E-state index is -0.256. The van der Waals surface area contributed by atoms with Crippen LogP contribution in [0.1, 0.15) is 48.1 Å². The average molecular weight is 423 g/mol. The molecule has 1 amide bonds. The van der Waals surface area contributed by atoms with Gasteiger partial charge in [0, 0.05) is 44.9 Å². The number of hydrogen-bond donors (Lipinski definition) is 1. The fraction of sp³-hybridized carbons (Fsp3) is 0.391. The maximum atomic E-state index is 13.1. The minimum Gasteiger partial charge on any atom is -0.332 e. The molecule has 162 valence electrons. The molecule has 3 heterocycles. The highest BCUT2D eigenvalue weighted by Gasteiger charge is 2.32. The molecular weight excluding hydrogens is 395 g/mol. The highest BCUT2D eigenvalue weighted by molar-refractivity contribution is 5.77. The number of carbonyl (C=O) groups is 1. The van der Waals surface area contributed by atoms with Gasteiger partial charge in [-0.25, -0.2) is 9.37 Å². The molecule has 31 heavy (non-hydrogen) atoms. The molecule has 1 aliphatic rings. The molecule has 1 atom stereocenters. The summed E-state index contributed by atoms with van der Waals surface area (Å²) in [6.45, 7) is 2.18. The van der Waals surface area contributed by atoms with E-state index in [0.717, 1.165) is 42.9 Å². The lowest BCUT2D eigenvalue weighted by molar-refractivity contribution is -0.132. The summed E-state index contributed by atoms with van der Waals surface area (Å²) in [6.07, 6.45) is 6.43. The van der Waals surface area contributed by atoms with E-state index in [1.165, 1.54) is 12.1 Å². The van der Waals surface area contributed by atoms with Gasteiger partial charge in [0.05, 0.1) is 6.04 Å². The lowest BCUT2D eigenvalue weighted by atomic mass is 10.1. The zero-order valence-electron chi connectivity index (χ0n) is 17.7. The minimum absolute atomic E-state index is 0.0886. The number of aromatic amines is 1. The summed E-state index contributed by atoms with van der Waals surface area (Å²) < 4.78 is 13.1. The Morgan fingerprint density at radius 3 is 2.87 bits per heavy atom. The van der Waals surface area contributed by atoms with Gasteiger partial charge in [-0.3, -0.25) is 14.9 Å². The van der Waals surface area contributed by atoms with Gasteiger partial charge in [0.15, 0.2) is 5.82 Å². The molecule has 0 bridgehead atoms. The third kappa shape index (κ3) is 5.52. The smallest absolute Gasteiger partial charge is 0.224 e. The summed E-state index contributed by atoms with van der Waals surface area (Å²) in [7, 11) is 2.01. The Labute approximate surface area is 181 Å². The standard InChI is InChI=1S/C23H27FN6O/c1-29(16-18-4-2-11-25-15-18)13-10-22(31)30-12-3-5-20(30)23-26-21(27-28-23)14-17-6-8-19(24)9-7-17/h2,4,6-9,11,15,20H,3,5,10,12-14,16H2,1H3,(H,26,27,28)/t20-/m0/s1. The molecule has 8 heteroatoms. The fourth-order valence-electron chi connectivity index (χ4n) is 3.98. The molecule has 0 unspecified atom stereocenters. The van der Waals surface area contributed by atoms with Crippen molar-refractivity contribution in [1.82, 2.24) is 30.0 Å². The van der Waals surface area contributed by atoms with Gasteiger partial charge >= 0.3 is 0 Å². The van der Waals surface area contributed by atoms with Crippen LogP contribution in [0.4, 0.5) is 4.39 Å². The first kappa shape index (κ1) is 21.1. The summed E-state index contributed by atoms with van der Waals surface area (Å²) in [5, 5.41) is 7.35. The van der Waals surface area contributed by atoms with Gasteiger partial charge in [0.25, 0.3) is 0 Å². The third-order valence-corrected chi connectivity index (χ3v) is 5.59. The number of likely N-dealkylation sites (tertiary alicyclic amines) is 1. The molecule has 2 aromatic heterocycles. The van der Waals surface area contributed by atoms with Crippen LogP contribution in [0, 0.1) is 5.82 Å². The molecule has 1 saturated heterocycles. The van der Waals surface area contributed by atoms with Gasteiger partial charge in [0.1, 0.15) is 11.6 Å². The van der Waals surface area contributed by atoms with Crippen molar-refractivity contribution in [2.75, 3.05) is 20.1 Å². The van der Waals surface area contributed by atoms with E-state index in [0.29, 0.717) is 25.2 Å². The monoisotopic (exact) mass is 422 g/mol. The molecule has 3 aromatic rings. The molecule has 1 aromatic carbocycles. The van der Waals surface area contributed by atoms with Gasteiger partial charge in [-0.05, 0) is 49.2 Å². The summed E-state index contributed by atoms with van der Waals surface area (Å²) in [5.41, 5.74) is 2.09. The van der Waals surface area contributed by atoms with Crippen molar-refractivity contribution in [3.05, 3.63) is 77.4 Å². The summed E-state index contributed by atoms with van der Waals surface area (Å²) >= 11 is 0. The normalized spacial score (nSPS) is 16.2. The summed E-state index contributed by atoms with van der Waals surface area (Å²) in [6, 6.07) is 10.2. The number of hydrogen-bond acceptors (Lipinski definition) is 5. The Morgan fingerprint density at radius 2 is 2.10 bits per heavy atom. The van der Waals surface area contributed by atoms with Crippen LogP contribution in [-0.4, -0.2) is 56.0 Å². The zero-order chi connectivity index (χ0) is 21.6. The maximum absolute atomic E-state index is 13.1. The number of aromatic nitrogens is 4. The molecule has 0 saturated carbocycles. The van der Waals surface area contributed by atoms with Crippen molar-refractivity contribution < 1.29 is 9.18 Å². The van der Waals surface area contributed by atoms with Crippen molar-refractivity contribution in [1.29, 1.82) is 0 Å². The van der Waals surface area contributed by atoms with E-state index in [2.05, 4.69) is 25.1 Å². The Balaban J connectivity index is 1.32. The molecule has 0 radical (unpaired) electrons. The first-order valence-corrected chi connectivity index (χ1v) is 10.6. The van der Waals surface area contributed by atoms with E-state index >= 15 is 0 Å². The predicted octanol–water partition coefficient (Wildman–Crippen LogP) is 3.12. The molecule has 1 N–H and O–H groups in total. The lowest BCUT2D eigenvalue weighted by Crippen LogP contribution is -2.33. The molecule has 0 spiro atoms. The second-order valence-electron chi connectivity index (χ2n) is 8.04. The molecule has 0 aliphatic carbocycles. The van der Waals surface area contributed by atoms with Gasteiger partial charge < -0.3 is 9.80 Å². The van der Waals surface area contributed by atoms with Gasteiger partial charge in [-0.15, -0.1) is 0 Å². The average Bonchev–Trinajstić information content (AvgIpc) is 3.44. The van der Waals surface area contributed by atoms with Crippen molar-refractivity contribution >= 4 is 5.91 Å². The van der Waals surface area contributed by atoms with Crippen LogP contribution in [0.3, 0.4) is 0 Å². The number of rotatable bonds is 8. The van der Waals surface area contributed by atoms with Gasteiger partial charge in [0.2, 0.25) is 5.91 Å². The number of H-pyrrole nitrogens is 1. The molecule has 1 fully saturated rings. The van der Waals surface area contributed by atoms with E-state index in [1.807, 2.05) is 30.3 Å². The third-order valence-electron chi connectivity index (χ3n) is 5.59. The number of amides is 1. The SMILES string of the molecule is CN(CCC(=O)N1CCC[C@H]1c1n[nH]c(Cc2ccc(F)cc2)n1)Cc1cccnc1. The second kappa shape index (κ2) is 9.78. The van der Waals surface area contributed by atoms with Crippen molar-refractivity contribution in [2.24, 2.45) is 0 Å². The van der Waals surface area contributed by atoms with Crippen molar-refractivity contribution in [2.45, 2.75) is 38.3 Å². The Bertz CT molecular complexity index is 991. The fourth-order valence-corrected chi connectivity index (χ4v) is 3.98. The Hall–Kier alpha value is -3.13. The van der Waals surface area contributed by atoms with E-state index in [9.17, 15) is 9.18 Å². The van der Waals surface area contributed by atoms with E-state index < -0.39 is 0 Å². The second-order valence-corrected chi connectivity index (χ2v) is 8.04. The number of halogens is 1. The molecule has 1 aliphatic heterocycles. The zero-order valence-corrected chi connectivity index (χ0v) is 17.7. The highest BCUT2D eigenvalue weighted by atomic mass is 19.1. The van der Waals surface area contributed by atoms with Crippen LogP contribution in [0.5, 0.6) is 0 Å². The van der Waals surface area contributed by atoms with Crippen LogP contribution < -0.4 is 0 Å². The molecule has 4 rings (SSSR count). The van der Waals surface area contributed by atoms with Gasteiger partial charge in [-0.2, -0.15) is 5.10 Å². The van der Waals surface area contributed by atoms with Crippen LogP contribution in [0.15, 0.2) is 48.8 Å². The first-order valence-electron chi connectivity index (χ1n) is 10.6. The quantitative estimate of drug-likeness (QED) is 0.604. The van der Waals surface area contributed by atoms with E-state index in [-0.39, 0.29) is 17.8 Å². The Kier molecular flexibility index (Phi) is 6.66. The highest BCUT2D eigenvalue weighted by Crippen LogP contribution is 2.30. The summed E-state index contributed by atoms with van der Waals surface area (Å²) in [5.74, 6) is 1.25. The van der Waals surface area contributed by atoms with Crippen LogP contribution in [0.25, 0.3) is 0 Å². The number of benzene rings is 1. The van der Waals surface area contributed by atoms with Crippen molar-refractivity contribution in [3.8, 4) is 0 Å². The number of nitrogens with one attached hydrogen (secondary N) is 1. The first-order chi connectivity index (χ1) is 15.1. The summed E-state index contributed by atoms with van der Waals surface area (Å²) in [4.78, 5) is 25.7. The van der Waals surface area contributed by atoms with Crippen LogP contribution >= 0.6 is 0 Å². The topological polar surface area (TPSA) is 78.0 Å².